The minimum atomic E-state index is -0.515. The van der Waals surface area contributed by atoms with Crippen molar-refractivity contribution in [2.24, 2.45) is 0 Å². The third kappa shape index (κ3) is 5.16. The van der Waals surface area contributed by atoms with E-state index in [1.54, 1.807) is 12.1 Å². The number of benzene rings is 1. The predicted molar refractivity (Wildman–Crippen MR) is 77.9 cm³/mol. The number of amides is 2. The first kappa shape index (κ1) is 16.4. The SMILES string of the molecule is Cl.O=C(CNC(=O)C1CNCCO1)Nc1ccccc1. The van der Waals surface area contributed by atoms with Crippen LogP contribution in [0, 0.1) is 0 Å². The summed E-state index contributed by atoms with van der Waals surface area (Å²) in [5, 5.41) is 8.30. The molecular weight excluding hydrogens is 282 g/mol. The maximum atomic E-state index is 11.7. The van der Waals surface area contributed by atoms with E-state index in [0.29, 0.717) is 18.8 Å². The monoisotopic (exact) mass is 299 g/mol. The lowest BCUT2D eigenvalue weighted by molar-refractivity contribution is -0.135. The summed E-state index contributed by atoms with van der Waals surface area (Å²) >= 11 is 0. The second-order valence-corrected chi connectivity index (χ2v) is 4.20. The van der Waals surface area contributed by atoms with E-state index in [1.807, 2.05) is 18.2 Å². The summed E-state index contributed by atoms with van der Waals surface area (Å²) in [5.74, 6) is -0.529. The second kappa shape index (κ2) is 8.52. The first-order valence-corrected chi connectivity index (χ1v) is 6.20. The van der Waals surface area contributed by atoms with Crippen molar-refractivity contribution in [3.8, 4) is 0 Å². The number of anilines is 1. The summed E-state index contributed by atoms with van der Waals surface area (Å²) in [6.07, 6.45) is -0.515. The third-order valence-electron chi connectivity index (χ3n) is 2.70. The van der Waals surface area contributed by atoms with Gasteiger partial charge in [-0.1, -0.05) is 18.2 Å². The molecule has 1 unspecified atom stereocenters. The minimum absolute atomic E-state index is 0. The number of nitrogens with one attached hydrogen (secondary N) is 3. The Hall–Kier alpha value is -1.63. The van der Waals surface area contributed by atoms with Crippen LogP contribution in [0.5, 0.6) is 0 Å². The Morgan fingerprint density at radius 2 is 2.05 bits per heavy atom. The Morgan fingerprint density at radius 3 is 2.70 bits per heavy atom. The lowest BCUT2D eigenvalue weighted by Gasteiger charge is -2.22. The molecule has 2 rings (SSSR count). The average Bonchev–Trinajstić information content (AvgIpc) is 2.47. The summed E-state index contributed by atoms with van der Waals surface area (Å²) in [6, 6.07) is 9.10. The average molecular weight is 300 g/mol. The molecule has 0 radical (unpaired) electrons. The molecule has 1 aliphatic heterocycles. The molecule has 1 aromatic carbocycles. The summed E-state index contributed by atoms with van der Waals surface area (Å²) in [5.41, 5.74) is 0.706. The fourth-order valence-corrected chi connectivity index (χ4v) is 1.74. The smallest absolute Gasteiger partial charge is 0.250 e. The summed E-state index contributed by atoms with van der Waals surface area (Å²) in [4.78, 5) is 23.3. The molecule has 0 saturated carbocycles. The van der Waals surface area contributed by atoms with Crippen molar-refractivity contribution in [2.75, 3.05) is 31.6 Å². The molecule has 0 spiro atoms. The molecular formula is C13H18ClN3O3. The molecule has 6 nitrogen and oxygen atoms in total. The van der Waals surface area contributed by atoms with Gasteiger partial charge in [0.05, 0.1) is 13.2 Å². The van der Waals surface area contributed by atoms with E-state index >= 15 is 0 Å². The number of carbonyl (C=O) groups is 2. The minimum Gasteiger partial charge on any atom is -0.366 e. The number of halogens is 1. The van der Waals surface area contributed by atoms with Gasteiger partial charge in [0, 0.05) is 18.8 Å². The first-order chi connectivity index (χ1) is 9.25. The van der Waals surface area contributed by atoms with E-state index in [0.717, 1.165) is 6.54 Å². The van der Waals surface area contributed by atoms with Crippen LogP contribution in [0.2, 0.25) is 0 Å². The van der Waals surface area contributed by atoms with Crippen LogP contribution in [0.25, 0.3) is 0 Å². The van der Waals surface area contributed by atoms with E-state index in [2.05, 4.69) is 16.0 Å². The van der Waals surface area contributed by atoms with Gasteiger partial charge in [-0.3, -0.25) is 9.59 Å². The van der Waals surface area contributed by atoms with Crippen LogP contribution >= 0.6 is 12.4 Å². The number of rotatable bonds is 4. The van der Waals surface area contributed by atoms with Crippen molar-refractivity contribution in [2.45, 2.75) is 6.10 Å². The van der Waals surface area contributed by atoms with E-state index < -0.39 is 6.10 Å². The molecule has 1 fully saturated rings. The molecule has 1 heterocycles. The van der Waals surface area contributed by atoms with Crippen LogP contribution in [0.4, 0.5) is 5.69 Å². The number of morpholine rings is 1. The highest BCUT2D eigenvalue weighted by molar-refractivity contribution is 5.95. The van der Waals surface area contributed by atoms with Gasteiger partial charge in [0.15, 0.2) is 0 Å². The van der Waals surface area contributed by atoms with Crippen molar-refractivity contribution >= 4 is 29.9 Å². The molecule has 1 aromatic rings. The zero-order chi connectivity index (χ0) is 13.5. The van der Waals surface area contributed by atoms with Gasteiger partial charge in [0.25, 0.3) is 5.91 Å². The fraction of sp³-hybridized carbons (Fsp3) is 0.385. The van der Waals surface area contributed by atoms with Crippen molar-refractivity contribution in [1.82, 2.24) is 10.6 Å². The molecule has 0 aliphatic carbocycles. The normalized spacial score (nSPS) is 17.7. The highest BCUT2D eigenvalue weighted by atomic mass is 35.5. The zero-order valence-electron chi connectivity index (χ0n) is 10.9. The van der Waals surface area contributed by atoms with E-state index in [4.69, 9.17) is 4.74 Å². The van der Waals surface area contributed by atoms with Gasteiger partial charge in [-0.15, -0.1) is 12.4 Å². The topological polar surface area (TPSA) is 79.5 Å². The Morgan fingerprint density at radius 1 is 1.30 bits per heavy atom. The molecule has 0 aromatic heterocycles. The van der Waals surface area contributed by atoms with E-state index in [1.165, 1.54) is 0 Å². The molecule has 1 atom stereocenters. The molecule has 1 aliphatic rings. The summed E-state index contributed by atoms with van der Waals surface area (Å²) in [6.45, 7) is 1.67. The number of hydrogen-bond donors (Lipinski definition) is 3. The highest BCUT2D eigenvalue weighted by Crippen LogP contribution is 2.04. The lowest BCUT2D eigenvalue weighted by atomic mass is 10.3. The third-order valence-corrected chi connectivity index (χ3v) is 2.70. The van der Waals surface area contributed by atoms with E-state index in [-0.39, 0.29) is 30.8 Å². The standard InChI is InChI=1S/C13H17N3O3.ClH/c17-12(16-10-4-2-1-3-5-10)9-15-13(18)11-8-14-6-7-19-11;/h1-5,11,14H,6-9H2,(H,15,18)(H,16,17);1H. The maximum absolute atomic E-state index is 11.7. The molecule has 7 heteroatoms. The number of carbonyl (C=O) groups excluding carboxylic acids is 2. The second-order valence-electron chi connectivity index (χ2n) is 4.20. The van der Waals surface area contributed by atoms with Crippen molar-refractivity contribution < 1.29 is 14.3 Å². The zero-order valence-corrected chi connectivity index (χ0v) is 11.7. The Balaban J connectivity index is 0.00000200. The van der Waals surface area contributed by atoms with Gasteiger partial charge in [-0.05, 0) is 12.1 Å². The Labute approximate surface area is 123 Å². The van der Waals surface area contributed by atoms with Crippen LogP contribution in [0.15, 0.2) is 30.3 Å². The molecule has 3 N–H and O–H groups in total. The van der Waals surface area contributed by atoms with Crippen LogP contribution in [0.3, 0.4) is 0 Å². The van der Waals surface area contributed by atoms with Gasteiger partial charge in [0.1, 0.15) is 6.10 Å². The van der Waals surface area contributed by atoms with Gasteiger partial charge in [0.2, 0.25) is 5.91 Å². The first-order valence-electron chi connectivity index (χ1n) is 6.20. The van der Waals surface area contributed by atoms with Gasteiger partial charge >= 0.3 is 0 Å². The number of para-hydroxylation sites is 1. The summed E-state index contributed by atoms with van der Waals surface area (Å²) in [7, 11) is 0. The fourth-order valence-electron chi connectivity index (χ4n) is 1.74. The molecule has 0 bridgehead atoms. The quantitative estimate of drug-likeness (QED) is 0.739. The van der Waals surface area contributed by atoms with Gasteiger partial charge in [-0.2, -0.15) is 0 Å². The van der Waals surface area contributed by atoms with Crippen molar-refractivity contribution in [1.29, 1.82) is 0 Å². The number of hydrogen-bond acceptors (Lipinski definition) is 4. The van der Waals surface area contributed by atoms with Crippen LogP contribution in [-0.4, -0.2) is 44.2 Å². The lowest BCUT2D eigenvalue weighted by Crippen LogP contribution is -2.49. The molecule has 20 heavy (non-hydrogen) atoms. The molecule has 2 amide bonds. The summed E-state index contributed by atoms with van der Waals surface area (Å²) < 4.78 is 5.28. The van der Waals surface area contributed by atoms with Crippen LogP contribution < -0.4 is 16.0 Å². The van der Waals surface area contributed by atoms with Crippen molar-refractivity contribution in [3.63, 3.8) is 0 Å². The van der Waals surface area contributed by atoms with E-state index in [9.17, 15) is 9.59 Å². The Bertz CT molecular complexity index is 436. The highest BCUT2D eigenvalue weighted by Gasteiger charge is 2.21. The maximum Gasteiger partial charge on any atom is 0.250 e. The predicted octanol–water partition coefficient (Wildman–Crippen LogP) is 0.152. The van der Waals surface area contributed by atoms with Gasteiger partial charge < -0.3 is 20.7 Å². The van der Waals surface area contributed by atoms with Gasteiger partial charge in [-0.25, -0.2) is 0 Å². The van der Waals surface area contributed by atoms with Crippen molar-refractivity contribution in [3.05, 3.63) is 30.3 Å². The van der Waals surface area contributed by atoms with Crippen LogP contribution in [0.1, 0.15) is 0 Å². The Kier molecular flexibility index (Phi) is 7.00. The molecule has 1 saturated heterocycles. The molecule has 110 valence electrons. The largest absolute Gasteiger partial charge is 0.366 e. The van der Waals surface area contributed by atoms with Crippen LogP contribution in [-0.2, 0) is 14.3 Å². The number of ether oxygens (including phenoxy) is 1.